The topological polar surface area (TPSA) is 41.6 Å². The van der Waals surface area contributed by atoms with Crippen LogP contribution in [0.5, 0.6) is 5.75 Å². The van der Waals surface area contributed by atoms with Gasteiger partial charge in [0.1, 0.15) is 24.4 Å². The highest BCUT2D eigenvalue weighted by Crippen LogP contribution is 2.37. The number of quaternary nitrogens is 1. The van der Waals surface area contributed by atoms with Gasteiger partial charge in [0.25, 0.3) is 0 Å². The van der Waals surface area contributed by atoms with Crippen LogP contribution in [0, 0.1) is 0 Å². The van der Waals surface area contributed by atoms with Crippen molar-refractivity contribution in [2.75, 3.05) is 39.8 Å². The molecule has 0 radical (unpaired) electrons. The van der Waals surface area contributed by atoms with Crippen molar-refractivity contribution in [3.63, 3.8) is 0 Å². The number of hydrogen-bond acceptors (Lipinski definition) is 2. The highest BCUT2D eigenvalue weighted by Gasteiger charge is 2.50. The number of benzene rings is 3. The molecule has 2 amide bonds. The van der Waals surface area contributed by atoms with Gasteiger partial charge in [0.05, 0.1) is 32.7 Å². The molecule has 5 nitrogen and oxygen atoms in total. The van der Waals surface area contributed by atoms with Gasteiger partial charge in [0, 0.05) is 6.42 Å². The standard InChI is InChI=1S/C28H31N3O2.HI/c1-31(19-20-33-26-15-9-4-10-16-26)18-17-25(21-31)30-22-28(29-27(30)32,23-11-5-2-6-12-23)24-13-7-3-8-14-24;/h2-16,25H,17-22H2,1H3;1H. The van der Waals surface area contributed by atoms with E-state index < -0.39 is 5.54 Å². The summed E-state index contributed by atoms with van der Waals surface area (Å²) in [7, 11) is 2.28. The summed E-state index contributed by atoms with van der Waals surface area (Å²) in [6, 6.07) is 30.9. The molecule has 6 heteroatoms. The van der Waals surface area contributed by atoms with E-state index in [1.54, 1.807) is 0 Å². The first-order chi connectivity index (χ1) is 16.1. The summed E-state index contributed by atoms with van der Waals surface area (Å²) in [6.07, 6.45) is 1.01. The number of nitrogens with one attached hydrogen (secondary N) is 1. The Kier molecular flexibility index (Phi) is 7.48. The van der Waals surface area contributed by atoms with Crippen molar-refractivity contribution in [3.8, 4) is 5.75 Å². The van der Waals surface area contributed by atoms with E-state index in [2.05, 4.69) is 41.5 Å². The van der Waals surface area contributed by atoms with E-state index in [4.69, 9.17) is 4.74 Å². The maximum absolute atomic E-state index is 13.3. The number of likely N-dealkylation sites (tertiary alicyclic amines) is 1. The van der Waals surface area contributed by atoms with Crippen LogP contribution in [-0.4, -0.2) is 61.3 Å². The largest absolute Gasteiger partial charge is 1.00 e. The second-order valence-electron chi connectivity index (χ2n) is 9.55. The van der Waals surface area contributed by atoms with Crippen molar-refractivity contribution >= 4 is 6.03 Å². The molecule has 2 fully saturated rings. The summed E-state index contributed by atoms with van der Waals surface area (Å²) in [5, 5.41) is 3.37. The van der Waals surface area contributed by atoms with Crippen LogP contribution in [0.4, 0.5) is 4.79 Å². The molecule has 2 aliphatic heterocycles. The predicted octanol–water partition coefficient (Wildman–Crippen LogP) is 1.26. The lowest BCUT2D eigenvalue weighted by atomic mass is 9.83. The summed E-state index contributed by atoms with van der Waals surface area (Å²) in [5.74, 6) is 0.911. The fraction of sp³-hybridized carbons (Fsp3) is 0.321. The summed E-state index contributed by atoms with van der Waals surface area (Å²) < 4.78 is 6.88. The van der Waals surface area contributed by atoms with E-state index >= 15 is 0 Å². The number of likely N-dealkylation sites (N-methyl/N-ethyl adjacent to an activating group) is 1. The molecule has 1 N–H and O–H groups in total. The van der Waals surface area contributed by atoms with Gasteiger partial charge in [-0.3, -0.25) is 0 Å². The first-order valence-corrected chi connectivity index (χ1v) is 11.8. The van der Waals surface area contributed by atoms with Crippen LogP contribution >= 0.6 is 0 Å². The first-order valence-electron chi connectivity index (χ1n) is 11.8. The number of para-hydroxylation sites is 1. The normalized spacial score (nSPS) is 23.3. The third-order valence-electron chi connectivity index (χ3n) is 7.26. The van der Waals surface area contributed by atoms with E-state index in [0.717, 1.165) is 47.4 Å². The van der Waals surface area contributed by atoms with Crippen LogP contribution in [0.15, 0.2) is 91.0 Å². The number of amides is 2. The van der Waals surface area contributed by atoms with Crippen molar-refractivity contribution in [2.45, 2.75) is 18.0 Å². The smallest absolute Gasteiger partial charge is 0.319 e. The summed E-state index contributed by atoms with van der Waals surface area (Å²) in [6.45, 7) is 4.26. The van der Waals surface area contributed by atoms with Gasteiger partial charge in [-0.2, -0.15) is 0 Å². The Morgan fingerprint density at radius 3 is 2.09 bits per heavy atom. The van der Waals surface area contributed by atoms with E-state index in [9.17, 15) is 4.79 Å². The monoisotopic (exact) mass is 569 g/mol. The minimum atomic E-state index is -0.526. The Morgan fingerprint density at radius 1 is 0.941 bits per heavy atom. The number of nitrogens with zero attached hydrogens (tertiary/aromatic N) is 2. The SMILES string of the molecule is C[N+]1(CCOc2ccccc2)CCC(N2CC(c3ccccc3)(c3ccccc3)NC2=O)C1.[I-]. The molecule has 3 aromatic carbocycles. The molecule has 2 unspecified atom stereocenters. The van der Waals surface area contributed by atoms with Crippen LogP contribution in [0.1, 0.15) is 17.5 Å². The van der Waals surface area contributed by atoms with Gasteiger partial charge in [-0.15, -0.1) is 0 Å². The summed E-state index contributed by atoms with van der Waals surface area (Å²) in [5.41, 5.74) is 1.72. The Bertz CT molecular complexity index is 1040. The lowest BCUT2D eigenvalue weighted by Crippen LogP contribution is -3.00. The molecule has 2 atom stereocenters. The number of carbonyl (C=O) groups excluding carboxylic acids is 1. The minimum absolute atomic E-state index is 0. The van der Waals surface area contributed by atoms with Gasteiger partial charge in [-0.25, -0.2) is 4.79 Å². The summed E-state index contributed by atoms with van der Waals surface area (Å²) >= 11 is 0. The number of rotatable bonds is 7. The van der Waals surface area contributed by atoms with Gasteiger partial charge < -0.3 is 43.4 Å². The zero-order valence-electron chi connectivity index (χ0n) is 19.6. The van der Waals surface area contributed by atoms with Crippen molar-refractivity contribution in [2.24, 2.45) is 0 Å². The van der Waals surface area contributed by atoms with Crippen molar-refractivity contribution in [3.05, 3.63) is 102 Å². The Morgan fingerprint density at radius 2 is 1.50 bits per heavy atom. The zero-order chi connectivity index (χ0) is 22.7. The average Bonchev–Trinajstić information content (AvgIpc) is 3.42. The highest BCUT2D eigenvalue weighted by atomic mass is 127. The van der Waals surface area contributed by atoms with Gasteiger partial charge in [0.15, 0.2) is 0 Å². The number of halogens is 1. The second-order valence-corrected chi connectivity index (χ2v) is 9.55. The minimum Gasteiger partial charge on any atom is -1.00 e. The van der Waals surface area contributed by atoms with E-state index in [0.29, 0.717) is 13.2 Å². The number of ether oxygens (including phenoxy) is 1. The molecule has 0 bridgehead atoms. The van der Waals surface area contributed by atoms with Crippen LogP contribution in [0.2, 0.25) is 0 Å². The quantitative estimate of drug-likeness (QED) is 0.344. The number of urea groups is 1. The molecule has 3 aromatic rings. The molecule has 0 aromatic heterocycles. The summed E-state index contributed by atoms with van der Waals surface area (Å²) in [4.78, 5) is 15.4. The first kappa shape index (κ1) is 24.5. The van der Waals surface area contributed by atoms with Gasteiger partial charge >= 0.3 is 6.03 Å². The van der Waals surface area contributed by atoms with E-state index in [-0.39, 0.29) is 36.0 Å². The number of carbonyl (C=O) groups is 1. The van der Waals surface area contributed by atoms with Crippen molar-refractivity contribution in [1.82, 2.24) is 10.2 Å². The Labute approximate surface area is 219 Å². The molecule has 0 aliphatic carbocycles. The van der Waals surface area contributed by atoms with Gasteiger partial charge in [-0.05, 0) is 23.3 Å². The lowest BCUT2D eigenvalue weighted by molar-refractivity contribution is -0.898. The molecular weight excluding hydrogens is 537 g/mol. The average molecular weight is 569 g/mol. The molecule has 0 spiro atoms. The molecular formula is C28H32IN3O2. The molecule has 2 aliphatic rings. The molecule has 34 heavy (non-hydrogen) atoms. The van der Waals surface area contributed by atoms with Gasteiger partial charge in [-0.1, -0.05) is 78.9 Å². The Hall–Kier alpha value is -2.58. The maximum atomic E-state index is 13.3. The van der Waals surface area contributed by atoms with Crippen LogP contribution < -0.4 is 34.0 Å². The molecule has 0 saturated carbocycles. The number of hydrogen-bond donors (Lipinski definition) is 1. The highest BCUT2D eigenvalue weighted by molar-refractivity contribution is 5.80. The zero-order valence-corrected chi connectivity index (χ0v) is 21.7. The molecule has 5 rings (SSSR count). The molecule has 2 heterocycles. The van der Waals surface area contributed by atoms with Gasteiger partial charge in [0.2, 0.25) is 0 Å². The van der Waals surface area contributed by atoms with Crippen LogP contribution in [-0.2, 0) is 5.54 Å². The van der Waals surface area contributed by atoms with Crippen LogP contribution in [0.3, 0.4) is 0 Å². The molecule has 2 saturated heterocycles. The third-order valence-corrected chi connectivity index (χ3v) is 7.26. The predicted molar refractivity (Wildman–Crippen MR) is 130 cm³/mol. The third kappa shape index (κ3) is 4.93. The fourth-order valence-electron chi connectivity index (χ4n) is 5.37. The Balaban J connectivity index is 0.00000274. The second kappa shape index (κ2) is 10.4. The lowest BCUT2D eigenvalue weighted by Gasteiger charge is -2.32. The van der Waals surface area contributed by atoms with Crippen molar-refractivity contribution in [1.29, 1.82) is 0 Å². The fourth-order valence-corrected chi connectivity index (χ4v) is 5.37. The van der Waals surface area contributed by atoms with Crippen LogP contribution in [0.25, 0.3) is 0 Å². The van der Waals surface area contributed by atoms with E-state index in [1.165, 1.54) is 0 Å². The van der Waals surface area contributed by atoms with E-state index in [1.807, 2.05) is 66.7 Å². The molecule has 178 valence electrons. The van der Waals surface area contributed by atoms with Crippen molar-refractivity contribution < 1.29 is 38.0 Å². The maximum Gasteiger partial charge on any atom is 0.319 e.